The lowest BCUT2D eigenvalue weighted by atomic mass is 10.2. The summed E-state index contributed by atoms with van der Waals surface area (Å²) < 4.78 is 13.4. The fourth-order valence-corrected chi connectivity index (χ4v) is 4.16. The van der Waals surface area contributed by atoms with E-state index >= 15 is 0 Å². The lowest BCUT2D eigenvalue weighted by molar-refractivity contribution is 0.269. The molecule has 0 aliphatic heterocycles. The smallest absolute Gasteiger partial charge is 0.212 e. The van der Waals surface area contributed by atoms with Gasteiger partial charge in [-0.25, -0.2) is 0 Å². The summed E-state index contributed by atoms with van der Waals surface area (Å²) in [6.07, 6.45) is 3.32. The molecule has 0 radical (unpaired) electrons. The molecule has 6 nitrogen and oxygen atoms in total. The van der Waals surface area contributed by atoms with Gasteiger partial charge >= 0.3 is 0 Å². The summed E-state index contributed by atoms with van der Waals surface area (Å²) in [5, 5.41) is 14.1. The number of aromatic nitrogens is 3. The van der Waals surface area contributed by atoms with E-state index in [1.165, 1.54) is 11.8 Å². The monoisotopic (exact) mass is 478 g/mol. The van der Waals surface area contributed by atoms with Gasteiger partial charge in [-0.3, -0.25) is 0 Å². The predicted molar refractivity (Wildman–Crippen MR) is 132 cm³/mol. The molecule has 0 N–H and O–H groups in total. The van der Waals surface area contributed by atoms with Crippen LogP contribution in [0.15, 0.2) is 89.4 Å². The maximum Gasteiger partial charge on any atom is 0.212 e. The molecule has 168 valence electrons. The first kappa shape index (κ1) is 22.9. The van der Waals surface area contributed by atoms with Crippen LogP contribution < -0.4 is 9.47 Å². The molecule has 0 saturated heterocycles. The fourth-order valence-electron chi connectivity index (χ4n) is 3.01. The average molecular weight is 479 g/mol. The Bertz CT molecular complexity index is 1210. The largest absolute Gasteiger partial charge is 0.490 e. The van der Waals surface area contributed by atoms with Crippen LogP contribution in [0.3, 0.4) is 0 Å². The Labute approximate surface area is 202 Å². The standard InChI is InChI=1S/C25H23ClN4O2S/c1-2-31-24-14-20(12-13-23(24)32-16-19-8-4-3-5-9-19)15-28-30-18-27-29-25(30)33-17-21-10-6-7-11-22(21)26/h3-15,18H,2,16-17H2,1H3/b28-15+. The van der Waals surface area contributed by atoms with Gasteiger partial charge in [0.2, 0.25) is 5.16 Å². The van der Waals surface area contributed by atoms with Crippen molar-refractivity contribution in [1.29, 1.82) is 0 Å². The molecule has 0 amide bonds. The second-order valence-electron chi connectivity index (χ2n) is 7.00. The number of hydrogen-bond donors (Lipinski definition) is 0. The molecule has 1 aromatic heterocycles. The van der Waals surface area contributed by atoms with E-state index in [-0.39, 0.29) is 0 Å². The summed E-state index contributed by atoms with van der Waals surface area (Å²) in [6, 6.07) is 23.5. The van der Waals surface area contributed by atoms with Gasteiger partial charge in [-0.15, -0.1) is 10.2 Å². The number of rotatable bonds is 10. The van der Waals surface area contributed by atoms with Crippen molar-refractivity contribution in [2.24, 2.45) is 5.10 Å². The zero-order valence-corrected chi connectivity index (χ0v) is 19.7. The molecule has 0 saturated carbocycles. The maximum atomic E-state index is 6.25. The van der Waals surface area contributed by atoms with Gasteiger partial charge in [-0.05, 0) is 47.9 Å². The molecular formula is C25H23ClN4O2S. The van der Waals surface area contributed by atoms with Gasteiger partial charge in [0.05, 0.1) is 12.8 Å². The zero-order valence-electron chi connectivity index (χ0n) is 18.1. The molecule has 4 aromatic rings. The summed E-state index contributed by atoms with van der Waals surface area (Å²) in [5.41, 5.74) is 3.01. The number of ether oxygens (including phenoxy) is 2. The van der Waals surface area contributed by atoms with E-state index in [0.29, 0.717) is 35.6 Å². The third kappa shape index (κ3) is 6.37. The van der Waals surface area contributed by atoms with Crippen LogP contribution in [0.4, 0.5) is 0 Å². The highest BCUT2D eigenvalue weighted by Gasteiger charge is 2.09. The van der Waals surface area contributed by atoms with E-state index in [1.807, 2.05) is 79.7 Å². The van der Waals surface area contributed by atoms with E-state index in [2.05, 4.69) is 15.3 Å². The minimum absolute atomic E-state index is 0.473. The van der Waals surface area contributed by atoms with Crippen molar-refractivity contribution < 1.29 is 9.47 Å². The normalized spacial score (nSPS) is 11.1. The van der Waals surface area contributed by atoms with Crippen molar-refractivity contribution in [2.75, 3.05) is 6.61 Å². The van der Waals surface area contributed by atoms with Crippen LogP contribution >= 0.6 is 23.4 Å². The lowest BCUT2D eigenvalue weighted by Crippen LogP contribution is -2.00. The van der Waals surface area contributed by atoms with E-state index in [1.54, 1.807) is 17.2 Å². The Morgan fingerprint density at radius 2 is 1.82 bits per heavy atom. The molecule has 3 aromatic carbocycles. The van der Waals surface area contributed by atoms with E-state index < -0.39 is 0 Å². The summed E-state index contributed by atoms with van der Waals surface area (Å²) in [6.45, 7) is 2.96. The summed E-state index contributed by atoms with van der Waals surface area (Å²) in [5.74, 6) is 2.04. The minimum atomic E-state index is 0.473. The van der Waals surface area contributed by atoms with Crippen LogP contribution in [-0.2, 0) is 12.4 Å². The van der Waals surface area contributed by atoms with Crippen LogP contribution in [0.25, 0.3) is 0 Å². The first-order chi connectivity index (χ1) is 16.2. The third-order valence-corrected chi connectivity index (χ3v) is 6.00. The first-order valence-electron chi connectivity index (χ1n) is 10.5. The molecule has 0 aliphatic rings. The van der Waals surface area contributed by atoms with E-state index in [0.717, 1.165) is 21.7 Å². The van der Waals surface area contributed by atoms with Gasteiger partial charge < -0.3 is 9.47 Å². The quantitative estimate of drug-likeness (QED) is 0.204. The molecule has 0 spiro atoms. The molecule has 0 bridgehead atoms. The molecule has 0 atom stereocenters. The van der Waals surface area contributed by atoms with E-state index in [9.17, 15) is 0 Å². The van der Waals surface area contributed by atoms with Gasteiger partial charge in [0.15, 0.2) is 11.5 Å². The molecule has 8 heteroatoms. The van der Waals surface area contributed by atoms with Crippen molar-refractivity contribution >= 4 is 29.6 Å². The highest BCUT2D eigenvalue weighted by atomic mass is 35.5. The number of thioether (sulfide) groups is 1. The van der Waals surface area contributed by atoms with Gasteiger partial charge in [-0.2, -0.15) is 9.78 Å². The number of halogens is 1. The Balaban J connectivity index is 1.44. The molecule has 0 aliphatic carbocycles. The minimum Gasteiger partial charge on any atom is -0.490 e. The van der Waals surface area contributed by atoms with Crippen LogP contribution in [0.2, 0.25) is 5.02 Å². The Morgan fingerprint density at radius 1 is 1.00 bits per heavy atom. The highest BCUT2D eigenvalue weighted by Crippen LogP contribution is 2.29. The first-order valence-corrected chi connectivity index (χ1v) is 11.8. The van der Waals surface area contributed by atoms with Crippen molar-refractivity contribution in [3.05, 3.63) is 101 Å². The van der Waals surface area contributed by atoms with Crippen LogP contribution in [-0.4, -0.2) is 27.7 Å². The fraction of sp³-hybridized carbons (Fsp3) is 0.160. The predicted octanol–water partition coefficient (Wildman–Crippen LogP) is 6.08. The van der Waals surface area contributed by atoms with E-state index in [4.69, 9.17) is 21.1 Å². The van der Waals surface area contributed by atoms with Crippen molar-refractivity contribution in [2.45, 2.75) is 24.4 Å². The lowest BCUT2D eigenvalue weighted by Gasteiger charge is -2.12. The summed E-state index contributed by atoms with van der Waals surface area (Å²) in [7, 11) is 0. The Kier molecular flexibility index (Phi) is 8.00. The Hall–Kier alpha value is -3.29. The Morgan fingerprint density at radius 3 is 2.64 bits per heavy atom. The molecule has 0 fully saturated rings. The number of hydrogen-bond acceptors (Lipinski definition) is 6. The van der Waals surface area contributed by atoms with Gasteiger partial charge in [0.25, 0.3) is 0 Å². The zero-order chi connectivity index (χ0) is 22.9. The SMILES string of the molecule is CCOc1cc(/C=N/n2cnnc2SCc2ccccc2Cl)ccc1OCc1ccccc1. The van der Waals surface area contributed by atoms with Crippen molar-refractivity contribution in [3.8, 4) is 11.5 Å². The van der Waals surface area contributed by atoms with Crippen molar-refractivity contribution in [3.63, 3.8) is 0 Å². The average Bonchev–Trinajstić information content (AvgIpc) is 3.30. The molecule has 4 rings (SSSR count). The molecule has 0 unspecified atom stereocenters. The van der Waals surface area contributed by atoms with Gasteiger partial charge in [0, 0.05) is 10.8 Å². The van der Waals surface area contributed by atoms with Crippen LogP contribution in [0.1, 0.15) is 23.6 Å². The number of benzene rings is 3. The second-order valence-corrected chi connectivity index (χ2v) is 8.35. The van der Waals surface area contributed by atoms with Crippen LogP contribution in [0, 0.1) is 0 Å². The highest BCUT2D eigenvalue weighted by molar-refractivity contribution is 7.98. The molecular weight excluding hydrogens is 456 g/mol. The van der Waals surface area contributed by atoms with Gasteiger partial charge in [0.1, 0.15) is 12.9 Å². The van der Waals surface area contributed by atoms with Gasteiger partial charge in [-0.1, -0.05) is 71.9 Å². The maximum absolute atomic E-state index is 6.25. The van der Waals surface area contributed by atoms with Crippen molar-refractivity contribution in [1.82, 2.24) is 14.9 Å². The topological polar surface area (TPSA) is 61.5 Å². The second kappa shape index (κ2) is 11.5. The summed E-state index contributed by atoms with van der Waals surface area (Å²) >= 11 is 7.77. The molecule has 1 heterocycles. The number of nitrogens with zero attached hydrogens (tertiary/aromatic N) is 4. The van der Waals surface area contributed by atoms with Crippen LogP contribution in [0.5, 0.6) is 11.5 Å². The third-order valence-electron chi connectivity index (χ3n) is 4.65. The summed E-state index contributed by atoms with van der Waals surface area (Å²) in [4.78, 5) is 0. The molecule has 33 heavy (non-hydrogen) atoms.